The zero-order chi connectivity index (χ0) is 17.2. The van der Waals surface area contributed by atoms with Crippen LogP contribution in [0.25, 0.3) is 0 Å². The first-order valence-corrected chi connectivity index (χ1v) is 9.11. The molecule has 2 aromatic carbocycles. The molecule has 0 N–H and O–H groups in total. The SMILES string of the molecule is COC(=O)Cc1ccc(OS(=O)(=O)c2ccc3c(c2)CCC3)cc1. The van der Waals surface area contributed by atoms with Crippen LogP contribution in [0.15, 0.2) is 47.4 Å². The molecule has 3 rings (SSSR count). The molecule has 0 aliphatic heterocycles. The monoisotopic (exact) mass is 346 g/mol. The molecule has 2 aromatic rings. The summed E-state index contributed by atoms with van der Waals surface area (Å²) < 4.78 is 34.6. The lowest BCUT2D eigenvalue weighted by Gasteiger charge is -2.09. The van der Waals surface area contributed by atoms with Crippen molar-refractivity contribution in [2.75, 3.05) is 7.11 Å². The maximum absolute atomic E-state index is 12.4. The molecule has 0 heterocycles. The highest BCUT2D eigenvalue weighted by Crippen LogP contribution is 2.26. The Kier molecular flexibility index (Phi) is 4.57. The van der Waals surface area contributed by atoms with Gasteiger partial charge in [0.25, 0.3) is 0 Å². The van der Waals surface area contributed by atoms with Crippen molar-refractivity contribution >= 4 is 16.1 Å². The fraction of sp³-hybridized carbons (Fsp3) is 0.278. The van der Waals surface area contributed by atoms with E-state index in [1.165, 1.54) is 24.8 Å². The number of esters is 1. The highest BCUT2D eigenvalue weighted by atomic mass is 32.2. The van der Waals surface area contributed by atoms with Crippen LogP contribution < -0.4 is 4.18 Å². The summed E-state index contributed by atoms with van der Waals surface area (Å²) in [4.78, 5) is 11.4. The molecule has 1 aliphatic rings. The highest BCUT2D eigenvalue weighted by Gasteiger charge is 2.20. The fourth-order valence-corrected chi connectivity index (χ4v) is 3.76. The summed E-state index contributed by atoms with van der Waals surface area (Å²) in [7, 11) is -2.54. The van der Waals surface area contributed by atoms with E-state index < -0.39 is 10.1 Å². The first-order valence-electron chi connectivity index (χ1n) is 7.70. The van der Waals surface area contributed by atoms with E-state index in [0.29, 0.717) is 0 Å². The van der Waals surface area contributed by atoms with Gasteiger partial charge < -0.3 is 8.92 Å². The Labute approximate surface area is 141 Å². The third kappa shape index (κ3) is 3.59. The Bertz CT molecular complexity index is 853. The minimum atomic E-state index is -3.87. The maximum Gasteiger partial charge on any atom is 0.339 e. The smallest absolute Gasteiger partial charge is 0.339 e. The molecule has 0 saturated heterocycles. The van der Waals surface area contributed by atoms with Crippen molar-refractivity contribution in [2.45, 2.75) is 30.6 Å². The van der Waals surface area contributed by atoms with Crippen molar-refractivity contribution in [3.8, 4) is 5.75 Å². The molecule has 6 heteroatoms. The van der Waals surface area contributed by atoms with Crippen molar-refractivity contribution in [1.29, 1.82) is 0 Å². The van der Waals surface area contributed by atoms with Gasteiger partial charge in [-0.05, 0) is 60.2 Å². The lowest BCUT2D eigenvalue weighted by Crippen LogP contribution is -2.10. The van der Waals surface area contributed by atoms with Gasteiger partial charge in [0.15, 0.2) is 0 Å². The van der Waals surface area contributed by atoms with Gasteiger partial charge in [0.05, 0.1) is 13.5 Å². The molecule has 0 fully saturated rings. The number of hydrogen-bond donors (Lipinski definition) is 0. The highest BCUT2D eigenvalue weighted by molar-refractivity contribution is 7.87. The summed E-state index contributed by atoms with van der Waals surface area (Å²) >= 11 is 0. The Balaban J connectivity index is 1.76. The van der Waals surface area contributed by atoms with Gasteiger partial charge in [0.1, 0.15) is 10.6 Å². The molecule has 0 saturated carbocycles. The second-order valence-electron chi connectivity index (χ2n) is 5.72. The van der Waals surface area contributed by atoms with Gasteiger partial charge in [-0.1, -0.05) is 18.2 Å². The van der Waals surface area contributed by atoms with Crippen molar-refractivity contribution in [1.82, 2.24) is 0 Å². The lowest BCUT2D eigenvalue weighted by molar-refractivity contribution is -0.139. The Morgan fingerprint density at radius 1 is 1.04 bits per heavy atom. The first-order chi connectivity index (χ1) is 11.5. The normalized spacial score (nSPS) is 13.4. The molecule has 0 atom stereocenters. The van der Waals surface area contributed by atoms with E-state index >= 15 is 0 Å². The van der Waals surface area contributed by atoms with Crippen molar-refractivity contribution in [2.24, 2.45) is 0 Å². The number of rotatable bonds is 5. The van der Waals surface area contributed by atoms with Crippen LogP contribution in [0.1, 0.15) is 23.1 Å². The van der Waals surface area contributed by atoms with Gasteiger partial charge in [-0.25, -0.2) is 0 Å². The number of carbonyl (C=O) groups excluding carboxylic acids is 1. The van der Waals surface area contributed by atoms with Crippen LogP contribution in [-0.2, 0) is 38.9 Å². The number of ether oxygens (including phenoxy) is 1. The number of benzene rings is 2. The molecule has 0 radical (unpaired) electrons. The van der Waals surface area contributed by atoms with Crippen molar-refractivity contribution in [3.63, 3.8) is 0 Å². The number of hydrogen-bond acceptors (Lipinski definition) is 5. The van der Waals surface area contributed by atoms with Crippen LogP contribution in [0.2, 0.25) is 0 Å². The van der Waals surface area contributed by atoms with Gasteiger partial charge in [-0.3, -0.25) is 4.79 Å². The molecular weight excluding hydrogens is 328 g/mol. The maximum atomic E-state index is 12.4. The Morgan fingerprint density at radius 2 is 1.75 bits per heavy atom. The average molecular weight is 346 g/mol. The molecule has 0 aromatic heterocycles. The van der Waals surface area contributed by atoms with Crippen molar-refractivity contribution < 1.29 is 22.1 Å². The number of aryl methyl sites for hydroxylation is 2. The zero-order valence-corrected chi connectivity index (χ0v) is 14.1. The van der Waals surface area contributed by atoms with Crippen LogP contribution in [0.3, 0.4) is 0 Å². The predicted octanol–water partition coefficient (Wildman–Crippen LogP) is 2.66. The number of methoxy groups -OCH3 is 1. The molecule has 0 unspecified atom stereocenters. The summed E-state index contributed by atoms with van der Waals surface area (Å²) in [6.07, 6.45) is 3.09. The van der Waals surface area contributed by atoms with Gasteiger partial charge in [0, 0.05) is 0 Å². The molecular formula is C18H18O5S. The van der Waals surface area contributed by atoms with E-state index in [1.54, 1.807) is 24.3 Å². The lowest BCUT2D eigenvalue weighted by atomic mass is 10.1. The third-order valence-corrected chi connectivity index (χ3v) is 5.31. The van der Waals surface area contributed by atoms with E-state index in [0.717, 1.165) is 30.4 Å². The van der Waals surface area contributed by atoms with Gasteiger partial charge >= 0.3 is 16.1 Å². The van der Waals surface area contributed by atoms with E-state index in [1.807, 2.05) is 6.07 Å². The number of carbonyl (C=O) groups is 1. The fourth-order valence-electron chi connectivity index (χ4n) is 2.78. The average Bonchev–Trinajstić information content (AvgIpc) is 3.04. The summed E-state index contributed by atoms with van der Waals surface area (Å²) in [5.41, 5.74) is 3.01. The molecule has 126 valence electrons. The van der Waals surface area contributed by atoms with Gasteiger partial charge in [0.2, 0.25) is 0 Å². The number of fused-ring (bicyclic) bond motifs is 1. The largest absolute Gasteiger partial charge is 0.469 e. The molecule has 24 heavy (non-hydrogen) atoms. The molecule has 0 bridgehead atoms. The van der Waals surface area contributed by atoms with Gasteiger partial charge in [-0.2, -0.15) is 8.42 Å². The standard InChI is InChI=1S/C18H18O5S/c1-22-18(19)11-13-5-8-16(9-6-13)23-24(20,21)17-10-7-14-3-2-4-15(14)12-17/h5-10,12H,2-4,11H2,1H3. The van der Waals surface area contributed by atoms with E-state index in [-0.39, 0.29) is 23.0 Å². The molecule has 0 spiro atoms. The van der Waals surface area contributed by atoms with Crippen molar-refractivity contribution in [3.05, 3.63) is 59.2 Å². The second kappa shape index (κ2) is 6.65. The summed E-state index contributed by atoms with van der Waals surface area (Å²) in [6.45, 7) is 0. The molecule has 5 nitrogen and oxygen atoms in total. The first kappa shape index (κ1) is 16.5. The Morgan fingerprint density at radius 3 is 2.46 bits per heavy atom. The summed E-state index contributed by atoms with van der Waals surface area (Å²) in [5.74, 6) is -0.140. The van der Waals surface area contributed by atoms with E-state index in [9.17, 15) is 13.2 Å². The van der Waals surface area contributed by atoms with Crippen LogP contribution >= 0.6 is 0 Å². The minimum absolute atomic E-state index is 0.133. The van der Waals surface area contributed by atoms with Crippen LogP contribution in [0, 0.1) is 0 Å². The Hall–Kier alpha value is -2.34. The summed E-state index contributed by atoms with van der Waals surface area (Å²) in [5, 5.41) is 0. The van der Waals surface area contributed by atoms with E-state index in [4.69, 9.17) is 4.18 Å². The van der Waals surface area contributed by atoms with E-state index in [2.05, 4.69) is 4.74 Å². The third-order valence-electron chi connectivity index (χ3n) is 4.06. The van der Waals surface area contributed by atoms with Gasteiger partial charge in [-0.15, -0.1) is 0 Å². The van der Waals surface area contributed by atoms with Crippen LogP contribution in [0.4, 0.5) is 0 Å². The molecule has 1 aliphatic carbocycles. The molecule has 0 amide bonds. The van der Waals surface area contributed by atoms with Crippen LogP contribution in [0.5, 0.6) is 5.75 Å². The second-order valence-corrected chi connectivity index (χ2v) is 7.26. The quantitative estimate of drug-likeness (QED) is 0.615. The van der Waals surface area contributed by atoms with Crippen LogP contribution in [-0.4, -0.2) is 21.5 Å². The zero-order valence-electron chi connectivity index (χ0n) is 13.3. The topological polar surface area (TPSA) is 69.7 Å². The summed E-state index contributed by atoms with van der Waals surface area (Å²) in [6, 6.07) is 11.5. The minimum Gasteiger partial charge on any atom is -0.469 e. The predicted molar refractivity (Wildman–Crippen MR) is 88.4 cm³/mol.